The Morgan fingerprint density at radius 3 is 2.64 bits per heavy atom. The van der Waals surface area contributed by atoms with E-state index in [4.69, 9.17) is 21.1 Å². The molecule has 4 aromatic rings. The van der Waals surface area contributed by atoms with E-state index in [-0.39, 0.29) is 5.97 Å². The molecule has 0 radical (unpaired) electrons. The summed E-state index contributed by atoms with van der Waals surface area (Å²) in [5.41, 5.74) is 5.64. The molecule has 0 saturated carbocycles. The van der Waals surface area contributed by atoms with Gasteiger partial charge in [-0.05, 0) is 67.4 Å². The highest BCUT2D eigenvalue weighted by molar-refractivity contribution is 6.31. The first-order chi connectivity index (χ1) is 17.5. The van der Waals surface area contributed by atoms with Crippen LogP contribution in [0.15, 0.2) is 48.5 Å². The number of carbonyl (C=O) groups excluding carboxylic acids is 1. The minimum absolute atomic E-state index is 0.305. The molecule has 2 aromatic carbocycles. The molecule has 0 spiro atoms. The van der Waals surface area contributed by atoms with Crippen LogP contribution in [0.4, 0.5) is 11.4 Å². The number of aromatic amines is 1. The third kappa shape index (κ3) is 4.29. The zero-order valence-electron chi connectivity index (χ0n) is 20.2. The maximum atomic E-state index is 12.7. The molecular weight excluding hydrogens is 482 g/mol. The first kappa shape index (κ1) is 23.8. The lowest BCUT2D eigenvalue weighted by Gasteiger charge is -2.27. The first-order valence-corrected chi connectivity index (χ1v) is 12.1. The average Bonchev–Trinajstić information content (AvgIpc) is 3.59. The number of hydrogen-bond donors (Lipinski definition) is 2. The van der Waals surface area contributed by atoms with Gasteiger partial charge in [0.2, 0.25) is 12.2 Å². The van der Waals surface area contributed by atoms with Gasteiger partial charge < -0.3 is 19.7 Å². The van der Waals surface area contributed by atoms with Crippen molar-refractivity contribution in [2.24, 2.45) is 0 Å². The quantitative estimate of drug-likeness (QED) is 0.334. The van der Waals surface area contributed by atoms with E-state index in [1.54, 1.807) is 13.0 Å². The first-order valence-electron chi connectivity index (χ1n) is 11.7. The highest BCUT2D eigenvalue weighted by atomic mass is 35.5. The van der Waals surface area contributed by atoms with Gasteiger partial charge in [-0.3, -0.25) is 4.57 Å². The van der Waals surface area contributed by atoms with Crippen LogP contribution in [0.25, 0.3) is 17.2 Å². The summed E-state index contributed by atoms with van der Waals surface area (Å²) < 4.78 is 13.1. The minimum Gasteiger partial charge on any atom is -0.462 e. The molecule has 36 heavy (non-hydrogen) atoms. The third-order valence-electron chi connectivity index (χ3n) is 5.94. The summed E-state index contributed by atoms with van der Waals surface area (Å²) in [6.07, 6.45) is -0.411. The number of fused-ring (bicyclic) bond motifs is 1. The second-order valence-electron chi connectivity index (χ2n) is 8.24. The number of carbonyl (C=O) groups is 1. The monoisotopic (exact) mass is 507 g/mol. The fraction of sp³-hybridized carbons (Fsp3) is 0.280. The van der Waals surface area contributed by atoms with Crippen molar-refractivity contribution in [1.82, 2.24) is 25.2 Å². The van der Waals surface area contributed by atoms with Gasteiger partial charge in [-0.25, -0.2) is 4.79 Å². The van der Waals surface area contributed by atoms with Gasteiger partial charge in [0.15, 0.2) is 0 Å². The average molecular weight is 508 g/mol. The molecule has 0 aliphatic carbocycles. The standard InChI is InChI=1S/C25H26ClN7O3/c1-4-35-24(34)18-7-6-8-19-21(18)32(25(27-19)36-5-2)14-16-9-11-17(12-10-16)33-20(13-15(3)22(33)26)23-28-30-31-29-23/h6-13,25,27H,4-5,14H2,1-3H3,(H,28,29,30,31). The molecule has 1 aliphatic heterocycles. The zero-order valence-corrected chi connectivity index (χ0v) is 20.9. The molecule has 0 amide bonds. The Labute approximate surface area is 213 Å². The fourth-order valence-corrected chi connectivity index (χ4v) is 4.61. The predicted octanol–water partition coefficient (Wildman–Crippen LogP) is 4.55. The number of benzene rings is 2. The third-order valence-corrected chi connectivity index (χ3v) is 6.41. The van der Waals surface area contributed by atoms with Crippen molar-refractivity contribution < 1.29 is 14.3 Å². The second-order valence-corrected chi connectivity index (χ2v) is 8.60. The summed E-state index contributed by atoms with van der Waals surface area (Å²) in [5, 5.41) is 18.3. The Morgan fingerprint density at radius 2 is 1.94 bits per heavy atom. The van der Waals surface area contributed by atoms with Crippen molar-refractivity contribution in [2.75, 3.05) is 23.4 Å². The number of nitrogens with zero attached hydrogens (tertiary/aromatic N) is 5. The van der Waals surface area contributed by atoms with Gasteiger partial charge in [-0.15, -0.1) is 10.2 Å². The maximum Gasteiger partial charge on any atom is 0.340 e. The summed E-state index contributed by atoms with van der Waals surface area (Å²) >= 11 is 6.63. The van der Waals surface area contributed by atoms with Crippen LogP contribution in [0, 0.1) is 6.92 Å². The van der Waals surface area contributed by atoms with Gasteiger partial charge in [-0.1, -0.05) is 29.8 Å². The van der Waals surface area contributed by atoms with Gasteiger partial charge in [0, 0.05) is 18.8 Å². The Balaban J connectivity index is 1.47. The highest BCUT2D eigenvalue weighted by Crippen LogP contribution is 2.39. The molecule has 1 unspecified atom stereocenters. The van der Waals surface area contributed by atoms with E-state index in [9.17, 15) is 4.79 Å². The fourth-order valence-electron chi connectivity index (χ4n) is 4.37. The molecule has 5 rings (SSSR count). The number of rotatable bonds is 8. The van der Waals surface area contributed by atoms with Crippen LogP contribution < -0.4 is 10.2 Å². The van der Waals surface area contributed by atoms with Gasteiger partial charge in [0.25, 0.3) is 0 Å². The van der Waals surface area contributed by atoms with E-state index in [0.29, 0.717) is 36.3 Å². The molecule has 11 heteroatoms. The van der Waals surface area contributed by atoms with Crippen LogP contribution in [-0.4, -0.2) is 50.7 Å². The number of ether oxygens (including phenoxy) is 2. The van der Waals surface area contributed by atoms with Crippen LogP contribution in [0.5, 0.6) is 0 Å². The summed E-state index contributed by atoms with van der Waals surface area (Å²) in [4.78, 5) is 14.7. The van der Waals surface area contributed by atoms with Crippen molar-refractivity contribution >= 4 is 28.9 Å². The van der Waals surface area contributed by atoms with Crippen LogP contribution in [0.2, 0.25) is 5.15 Å². The van der Waals surface area contributed by atoms with E-state index >= 15 is 0 Å². The van der Waals surface area contributed by atoms with Crippen molar-refractivity contribution in [3.63, 3.8) is 0 Å². The normalized spacial score (nSPS) is 14.6. The minimum atomic E-state index is -0.411. The lowest BCUT2D eigenvalue weighted by Crippen LogP contribution is -2.38. The second kappa shape index (κ2) is 10.00. The Kier molecular flexibility index (Phi) is 6.62. The van der Waals surface area contributed by atoms with Crippen molar-refractivity contribution in [2.45, 2.75) is 33.7 Å². The molecule has 0 fully saturated rings. The van der Waals surface area contributed by atoms with Gasteiger partial charge in [0.1, 0.15) is 5.15 Å². The number of aryl methyl sites for hydroxylation is 1. The summed E-state index contributed by atoms with van der Waals surface area (Å²) in [5.74, 6) is 0.0973. The predicted molar refractivity (Wildman–Crippen MR) is 136 cm³/mol. The number of tetrazole rings is 1. The number of nitrogens with one attached hydrogen (secondary N) is 2. The molecule has 2 N–H and O–H groups in total. The lowest BCUT2D eigenvalue weighted by molar-refractivity contribution is 0.0525. The Hall–Kier alpha value is -3.89. The van der Waals surface area contributed by atoms with Crippen LogP contribution in [-0.2, 0) is 16.0 Å². The van der Waals surface area contributed by atoms with E-state index in [1.807, 2.05) is 65.8 Å². The van der Waals surface area contributed by atoms with Gasteiger partial charge in [-0.2, -0.15) is 5.21 Å². The van der Waals surface area contributed by atoms with E-state index in [0.717, 1.165) is 33.9 Å². The number of aromatic nitrogens is 5. The number of H-pyrrole nitrogens is 1. The Morgan fingerprint density at radius 1 is 1.14 bits per heavy atom. The lowest BCUT2D eigenvalue weighted by atomic mass is 10.1. The topological polar surface area (TPSA) is 110 Å². The summed E-state index contributed by atoms with van der Waals surface area (Å²) in [7, 11) is 0. The SMILES string of the molecule is CCOC(=O)c1cccc2c1N(Cc1ccc(-n3c(-c4nn[nH]n4)cc(C)c3Cl)cc1)C(OCC)N2. The van der Waals surface area contributed by atoms with Crippen molar-refractivity contribution in [3.05, 3.63) is 70.4 Å². The van der Waals surface area contributed by atoms with Gasteiger partial charge in [0.05, 0.1) is 29.2 Å². The molecule has 1 aliphatic rings. The van der Waals surface area contributed by atoms with E-state index in [1.165, 1.54) is 0 Å². The highest BCUT2D eigenvalue weighted by Gasteiger charge is 2.33. The zero-order chi connectivity index (χ0) is 25.2. The smallest absolute Gasteiger partial charge is 0.340 e. The van der Waals surface area contributed by atoms with Crippen LogP contribution in [0.1, 0.15) is 35.3 Å². The van der Waals surface area contributed by atoms with Crippen molar-refractivity contribution in [3.8, 4) is 17.2 Å². The van der Waals surface area contributed by atoms with Crippen LogP contribution in [0.3, 0.4) is 0 Å². The summed E-state index contributed by atoms with van der Waals surface area (Å²) in [6, 6.07) is 15.5. The molecular formula is C25H26ClN7O3. The number of esters is 1. The molecule has 10 nitrogen and oxygen atoms in total. The number of halogens is 1. The number of hydrogen-bond acceptors (Lipinski definition) is 8. The van der Waals surface area contributed by atoms with Crippen LogP contribution >= 0.6 is 11.6 Å². The molecule has 2 aromatic heterocycles. The number of para-hydroxylation sites is 1. The molecule has 0 bridgehead atoms. The molecule has 0 saturated heterocycles. The van der Waals surface area contributed by atoms with Crippen molar-refractivity contribution in [1.29, 1.82) is 0 Å². The largest absolute Gasteiger partial charge is 0.462 e. The van der Waals surface area contributed by atoms with Gasteiger partial charge >= 0.3 is 5.97 Å². The van der Waals surface area contributed by atoms with E-state index in [2.05, 4.69) is 25.9 Å². The Bertz CT molecular complexity index is 1370. The molecule has 3 heterocycles. The number of anilines is 2. The molecule has 1 atom stereocenters. The maximum absolute atomic E-state index is 12.7. The molecule has 186 valence electrons. The van der Waals surface area contributed by atoms with E-state index < -0.39 is 6.35 Å². The summed E-state index contributed by atoms with van der Waals surface area (Å²) in [6.45, 7) is 7.00.